The van der Waals surface area contributed by atoms with Gasteiger partial charge in [-0.25, -0.2) is 0 Å². The van der Waals surface area contributed by atoms with Crippen LogP contribution in [0.15, 0.2) is 0 Å². The summed E-state index contributed by atoms with van der Waals surface area (Å²) in [4.78, 5) is 4.19. The van der Waals surface area contributed by atoms with Gasteiger partial charge in [-0.3, -0.25) is 4.90 Å². The zero-order chi connectivity index (χ0) is 13.7. The minimum atomic E-state index is 0.268. The van der Waals surface area contributed by atoms with Gasteiger partial charge in [0.2, 0.25) is 0 Å². The van der Waals surface area contributed by atoms with Crippen molar-refractivity contribution >= 4 is 0 Å². The highest BCUT2D eigenvalue weighted by Gasteiger charge is 2.50. The Morgan fingerprint density at radius 1 is 1.30 bits per heavy atom. The third-order valence-electron chi connectivity index (χ3n) is 5.39. The van der Waals surface area contributed by atoms with Crippen LogP contribution in [0.1, 0.15) is 38.4 Å². The first-order chi connectivity index (χ1) is 9.65. The van der Waals surface area contributed by atoms with Crippen molar-refractivity contribution in [2.24, 2.45) is 18.9 Å². The lowest BCUT2D eigenvalue weighted by Gasteiger charge is -2.48. The molecule has 2 heterocycles. The topological polar surface area (TPSA) is 58.9 Å². The average Bonchev–Trinajstić information content (AvgIpc) is 3.31. The van der Waals surface area contributed by atoms with E-state index in [1.54, 1.807) is 4.80 Å². The van der Waals surface area contributed by atoms with Crippen LogP contribution in [0.4, 0.5) is 0 Å². The molecule has 1 aromatic heterocycles. The SMILES string of the molecule is Cn1nnc(CN2CC(C3CC3)NCC2(C)C2CC2)n1. The van der Waals surface area contributed by atoms with Crippen LogP contribution < -0.4 is 5.32 Å². The van der Waals surface area contributed by atoms with E-state index in [0.717, 1.165) is 37.3 Å². The predicted octanol–water partition coefficient (Wildman–Crippen LogP) is 0.563. The summed E-state index contributed by atoms with van der Waals surface area (Å²) in [7, 11) is 1.83. The molecule has 1 aliphatic heterocycles. The van der Waals surface area contributed by atoms with Crippen LogP contribution in [0.2, 0.25) is 0 Å². The van der Waals surface area contributed by atoms with Gasteiger partial charge < -0.3 is 5.32 Å². The summed E-state index contributed by atoms with van der Waals surface area (Å²) in [6.07, 6.45) is 5.54. The van der Waals surface area contributed by atoms with Crippen LogP contribution >= 0.6 is 0 Å². The number of nitrogens with one attached hydrogen (secondary N) is 1. The maximum Gasteiger partial charge on any atom is 0.188 e. The molecule has 2 unspecified atom stereocenters. The summed E-state index contributed by atoms with van der Waals surface area (Å²) in [6, 6.07) is 0.665. The second-order valence-electron chi connectivity index (χ2n) is 7.03. The fourth-order valence-electron chi connectivity index (χ4n) is 3.68. The van der Waals surface area contributed by atoms with Gasteiger partial charge in [0.25, 0.3) is 0 Å². The molecular formula is C14H24N6. The first kappa shape index (κ1) is 12.7. The van der Waals surface area contributed by atoms with Crippen molar-refractivity contribution in [2.75, 3.05) is 13.1 Å². The van der Waals surface area contributed by atoms with Crippen LogP contribution in [0.5, 0.6) is 0 Å². The third-order valence-corrected chi connectivity index (χ3v) is 5.39. The molecule has 1 N–H and O–H groups in total. The standard InChI is InChI=1S/C14H24N6/c1-14(11-5-6-11)9-15-12(10-3-4-10)7-20(14)8-13-16-18-19(2)17-13/h10-12,15H,3-9H2,1-2H3. The normalized spacial score (nSPS) is 35.4. The van der Waals surface area contributed by atoms with E-state index < -0.39 is 0 Å². The number of aryl methyl sites for hydroxylation is 1. The van der Waals surface area contributed by atoms with Crippen molar-refractivity contribution in [1.29, 1.82) is 0 Å². The van der Waals surface area contributed by atoms with Crippen LogP contribution in [-0.4, -0.2) is 49.8 Å². The summed E-state index contributed by atoms with van der Waals surface area (Å²) in [5.41, 5.74) is 0.268. The lowest BCUT2D eigenvalue weighted by molar-refractivity contribution is 0.0213. The minimum Gasteiger partial charge on any atom is -0.311 e. The lowest BCUT2D eigenvalue weighted by Crippen LogP contribution is -2.64. The number of aromatic nitrogens is 4. The fraction of sp³-hybridized carbons (Fsp3) is 0.929. The number of nitrogens with zero attached hydrogens (tertiary/aromatic N) is 5. The number of hydrogen-bond acceptors (Lipinski definition) is 5. The molecule has 4 rings (SSSR count). The number of tetrazole rings is 1. The largest absolute Gasteiger partial charge is 0.311 e. The van der Waals surface area contributed by atoms with Crippen molar-refractivity contribution in [3.63, 3.8) is 0 Å². The van der Waals surface area contributed by atoms with Crippen LogP contribution in [0.3, 0.4) is 0 Å². The van der Waals surface area contributed by atoms with E-state index in [9.17, 15) is 0 Å². The van der Waals surface area contributed by atoms with Gasteiger partial charge in [-0.05, 0) is 49.7 Å². The molecule has 3 aliphatic rings. The summed E-state index contributed by atoms with van der Waals surface area (Å²) >= 11 is 0. The summed E-state index contributed by atoms with van der Waals surface area (Å²) in [6.45, 7) is 5.50. The third kappa shape index (κ3) is 2.24. The van der Waals surface area contributed by atoms with Crippen LogP contribution in [0.25, 0.3) is 0 Å². The Labute approximate surface area is 119 Å². The summed E-state index contributed by atoms with van der Waals surface area (Å²) in [5.74, 6) is 2.60. The van der Waals surface area contributed by atoms with Gasteiger partial charge in [0.1, 0.15) is 0 Å². The van der Waals surface area contributed by atoms with E-state index in [4.69, 9.17) is 0 Å². The minimum absolute atomic E-state index is 0.268. The van der Waals surface area contributed by atoms with E-state index in [-0.39, 0.29) is 5.54 Å². The smallest absolute Gasteiger partial charge is 0.188 e. The molecule has 20 heavy (non-hydrogen) atoms. The maximum absolute atomic E-state index is 4.37. The molecule has 6 nitrogen and oxygen atoms in total. The zero-order valence-electron chi connectivity index (χ0n) is 12.4. The monoisotopic (exact) mass is 276 g/mol. The molecule has 0 spiro atoms. The van der Waals surface area contributed by atoms with Crippen LogP contribution in [-0.2, 0) is 13.6 Å². The van der Waals surface area contributed by atoms with E-state index in [2.05, 4.69) is 32.6 Å². The summed E-state index contributed by atoms with van der Waals surface area (Å²) < 4.78 is 0. The van der Waals surface area contributed by atoms with Crippen LogP contribution in [0, 0.1) is 11.8 Å². The first-order valence-corrected chi connectivity index (χ1v) is 7.86. The molecule has 2 atom stereocenters. The Morgan fingerprint density at radius 3 is 2.70 bits per heavy atom. The van der Waals surface area contributed by atoms with Crippen molar-refractivity contribution in [3.8, 4) is 0 Å². The lowest BCUT2D eigenvalue weighted by atomic mass is 9.88. The van der Waals surface area contributed by atoms with Gasteiger partial charge in [-0.15, -0.1) is 10.2 Å². The predicted molar refractivity (Wildman–Crippen MR) is 74.9 cm³/mol. The highest BCUT2D eigenvalue weighted by Crippen LogP contribution is 2.46. The Balaban J connectivity index is 1.53. The summed E-state index contributed by atoms with van der Waals surface area (Å²) in [5, 5.41) is 16.3. The van der Waals surface area contributed by atoms with E-state index in [1.807, 2.05) is 7.05 Å². The molecule has 3 fully saturated rings. The Morgan fingerprint density at radius 2 is 2.10 bits per heavy atom. The van der Waals surface area contributed by atoms with Gasteiger partial charge in [-0.2, -0.15) is 4.80 Å². The van der Waals surface area contributed by atoms with Gasteiger partial charge in [-0.1, -0.05) is 0 Å². The van der Waals surface area contributed by atoms with Gasteiger partial charge >= 0.3 is 0 Å². The van der Waals surface area contributed by atoms with Crippen molar-refractivity contribution in [3.05, 3.63) is 5.82 Å². The molecule has 2 saturated carbocycles. The molecule has 0 radical (unpaired) electrons. The van der Waals surface area contributed by atoms with Gasteiger partial charge in [0.15, 0.2) is 5.82 Å². The Kier molecular flexibility index (Phi) is 2.86. The highest BCUT2D eigenvalue weighted by molar-refractivity contribution is 5.07. The van der Waals surface area contributed by atoms with Crippen molar-refractivity contribution in [2.45, 2.75) is 50.7 Å². The Hall–Kier alpha value is -1.01. The van der Waals surface area contributed by atoms with Gasteiger partial charge in [0.05, 0.1) is 13.6 Å². The molecule has 1 aromatic rings. The molecule has 2 aliphatic carbocycles. The number of rotatable bonds is 4. The quantitative estimate of drug-likeness (QED) is 0.871. The molecular weight excluding hydrogens is 252 g/mol. The molecule has 0 bridgehead atoms. The molecule has 110 valence electrons. The van der Waals surface area contributed by atoms with E-state index in [0.29, 0.717) is 6.04 Å². The second kappa shape index (κ2) is 4.49. The average molecular weight is 276 g/mol. The molecule has 0 amide bonds. The molecule has 0 aromatic carbocycles. The maximum atomic E-state index is 4.37. The highest BCUT2D eigenvalue weighted by atomic mass is 15.6. The van der Waals surface area contributed by atoms with Crippen molar-refractivity contribution in [1.82, 2.24) is 30.4 Å². The molecule has 6 heteroatoms. The molecule has 1 saturated heterocycles. The fourth-order valence-corrected chi connectivity index (χ4v) is 3.68. The number of piperazine rings is 1. The van der Waals surface area contributed by atoms with Crippen molar-refractivity contribution < 1.29 is 0 Å². The first-order valence-electron chi connectivity index (χ1n) is 7.86. The Bertz CT molecular complexity index is 492. The van der Waals surface area contributed by atoms with Gasteiger partial charge in [0, 0.05) is 24.7 Å². The zero-order valence-corrected chi connectivity index (χ0v) is 12.4. The van der Waals surface area contributed by atoms with E-state index >= 15 is 0 Å². The van der Waals surface area contributed by atoms with E-state index in [1.165, 1.54) is 25.7 Å². The number of hydrogen-bond donors (Lipinski definition) is 1. The second-order valence-corrected chi connectivity index (χ2v) is 7.03.